The van der Waals surface area contributed by atoms with E-state index in [9.17, 15) is 0 Å². The summed E-state index contributed by atoms with van der Waals surface area (Å²) in [5.41, 5.74) is 6.38. The largest absolute Gasteiger partial charge is 0.236 e. The predicted octanol–water partition coefficient (Wildman–Crippen LogP) is 5.83. The zero-order valence-electron chi connectivity index (χ0n) is 14.9. The SMILES string of the molecule is Cc1sc(-c2cccc(C3=NC4=CC=CCC4=N3)c2)nc1-c1ccccc1. The summed E-state index contributed by atoms with van der Waals surface area (Å²) >= 11 is 1.73. The highest BCUT2D eigenvalue weighted by atomic mass is 32.1. The van der Waals surface area contributed by atoms with Crippen LogP contribution in [-0.4, -0.2) is 16.5 Å². The van der Waals surface area contributed by atoms with Crippen LogP contribution >= 0.6 is 11.3 Å². The van der Waals surface area contributed by atoms with Gasteiger partial charge in [-0.25, -0.2) is 15.0 Å². The van der Waals surface area contributed by atoms with Crippen molar-refractivity contribution < 1.29 is 0 Å². The maximum atomic E-state index is 4.91. The molecule has 2 aromatic carbocycles. The third kappa shape index (κ3) is 2.98. The van der Waals surface area contributed by atoms with Crippen molar-refractivity contribution in [2.24, 2.45) is 9.98 Å². The van der Waals surface area contributed by atoms with Gasteiger partial charge in [-0.15, -0.1) is 11.3 Å². The molecule has 1 aliphatic carbocycles. The van der Waals surface area contributed by atoms with Gasteiger partial charge in [0.15, 0.2) is 5.84 Å². The van der Waals surface area contributed by atoms with Gasteiger partial charge in [-0.2, -0.15) is 0 Å². The Kier molecular flexibility index (Phi) is 3.91. The molecule has 2 heterocycles. The van der Waals surface area contributed by atoms with E-state index in [4.69, 9.17) is 15.0 Å². The van der Waals surface area contributed by atoms with Crippen molar-refractivity contribution in [2.75, 3.05) is 0 Å². The maximum absolute atomic E-state index is 4.91. The second-order valence-electron chi connectivity index (χ2n) is 6.55. The number of hydrogen-bond donors (Lipinski definition) is 0. The average Bonchev–Trinajstić information content (AvgIpc) is 3.32. The van der Waals surface area contributed by atoms with Crippen molar-refractivity contribution in [1.82, 2.24) is 4.98 Å². The number of allylic oxidation sites excluding steroid dienone is 4. The van der Waals surface area contributed by atoms with Crippen LogP contribution in [0.3, 0.4) is 0 Å². The third-order valence-electron chi connectivity index (χ3n) is 4.68. The molecule has 0 saturated heterocycles. The lowest BCUT2D eigenvalue weighted by Gasteiger charge is -2.01. The van der Waals surface area contributed by atoms with E-state index in [1.165, 1.54) is 4.88 Å². The number of hydrogen-bond acceptors (Lipinski definition) is 4. The minimum Gasteiger partial charge on any atom is -0.236 e. The molecule has 1 aromatic heterocycles. The van der Waals surface area contributed by atoms with E-state index in [1.54, 1.807) is 11.3 Å². The van der Waals surface area contributed by atoms with Gasteiger partial charge in [-0.3, -0.25) is 0 Å². The van der Waals surface area contributed by atoms with Gasteiger partial charge >= 0.3 is 0 Å². The summed E-state index contributed by atoms with van der Waals surface area (Å²) in [6.45, 7) is 2.13. The fourth-order valence-electron chi connectivity index (χ4n) is 3.32. The highest BCUT2D eigenvalue weighted by molar-refractivity contribution is 7.15. The van der Waals surface area contributed by atoms with Crippen LogP contribution in [0.25, 0.3) is 21.8 Å². The summed E-state index contributed by atoms with van der Waals surface area (Å²) in [6.07, 6.45) is 7.03. The lowest BCUT2D eigenvalue weighted by atomic mass is 10.1. The first-order chi connectivity index (χ1) is 13.3. The maximum Gasteiger partial charge on any atom is 0.160 e. The molecule has 0 bridgehead atoms. The van der Waals surface area contributed by atoms with Crippen LogP contribution in [0, 0.1) is 6.92 Å². The van der Waals surface area contributed by atoms with Crippen LogP contribution in [-0.2, 0) is 0 Å². The van der Waals surface area contributed by atoms with Crippen molar-refractivity contribution in [3.63, 3.8) is 0 Å². The molecular formula is C23H17N3S. The number of aromatic nitrogens is 1. The number of benzene rings is 2. The lowest BCUT2D eigenvalue weighted by molar-refractivity contribution is 1.37. The topological polar surface area (TPSA) is 37.6 Å². The highest BCUT2D eigenvalue weighted by Gasteiger charge is 2.19. The molecule has 0 spiro atoms. The van der Waals surface area contributed by atoms with Gasteiger partial charge in [0, 0.05) is 28.0 Å². The van der Waals surface area contributed by atoms with Crippen LogP contribution in [0.5, 0.6) is 0 Å². The van der Waals surface area contributed by atoms with Gasteiger partial charge in [0.2, 0.25) is 0 Å². The molecule has 0 unspecified atom stereocenters. The molecule has 0 radical (unpaired) electrons. The van der Waals surface area contributed by atoms with Crippen LogP contribution in [0.15, 0.2) is 88.5 Å². The fraction of sp³-hybridized carbons (Fsp3) is 0.0870. The quantitative estimate of drug-likeness (QED) is 0.574. The Bertz CT molecular complexity index is 1150. The van der Waals surface area contributed by atoms with Gasteiger partial charge in [0.05, 0.1) is 17.1 Å². The summed E-state index contributed by atoms with van der Waals surface area (Å²) in [7, 11) is 0. The number of amidine groups is 1. The summed E-state index contributed by atoms with van der Waals surface area (Å²) < 4.78 is 0. The van der Waals surface area contributed by atoms with E-state index in [0.29, 0.717) is 0 Å². The zero-order chi connectivity index (χ0) is 18.2. The molecular weight excluding hydrogens is 350 g/mol. The van der Waals surface area contributed by atoms with E-state index in [2.05, 4.69) is 61.5 Å². The molecule has 5 rings (SSSR count). The molecule has 0 N–H and O–H groups in total. The Balaban J connectivity index is 1.52. The van der Waals surface area contributed by atoms with Crippen LogP contribution in [0.1, 0.15) is 16.9 Å². The number of thiazole rings is 1. The van der Waals surface area contributed by atoms with Crippen LogP contribution in [0.2, 0.25) is 0 Å². The van der Waals surface area contributed by atoms with Crippen molar-refractivity contribution in [3.05, 3.63) is 89.0 Å². The summed E-state index contributed by atoms with van der Waals surface area (Å²) in [5.74, 6) is 0.790. The van der Waals surface area contributed by atoms with Crippen LogP contribution < -0.4 is 0 Å². The molecule has 0 saturated carbocycles. The van der Waals surface area contributed by atoms with E-state index < -0.39 is 0 Å². The minimum atomic E-state index is 0.790. The second kappa shape index (κ2) is 6.56. The minimum absolute atomic E-state index is 0.790. The Morgan fingerprint density at radius 2 is 1.70 bits per heavy atom. The molecule has 2 aliphatic rings. The molecule has 130 valence electrons. The highest BCUT2D eigenvalue weighted by Crippen LogP contribution is 2.34. The van der Waals surface area contributed by atoms with Gasteiger partial charge in [-0.1, -0.05) is 60.7 Å². The number of nitrogens with zero attached hydrogens (tertiary/aromatic N) is 3. The first-order valence-corrected chi connectivity index (χ1v) is 9.77. The van der Waals surface area contributed by atoms with Crippen molar-refractivity contribution in [1.29, 1.82) is 0 Å². The predicted molar refractivity (Wildman–Crippen MR) is 114 cm³/mol. The van der Waals surface area contributed by atoms with E-state index >= 15 is 0 Å². The summed E-state index contributed by atoms with van der Waals surface area (Å²) in [4.78, 5) is 15.5. The van der Waals surface area contributed by atoms with Crippen LogP contribution in [0.4, 0.5) is 0 Å². The first kappa shape index (κ1) is 16.1. The Morgan fingerprint density at radius 1 is 0.889 bits per heavy atom. The summed E-state index contributed by atoms with van der Waals surface area (Å²) in [5, 5.41) is 1.03. The monoisotopic (exact) mass is 367 g/mol. The summed E-state index contributed by atoms with van der Waals surface area (Å²) in [6, 6.07) is 18.7. The molecule has 3 aromatic rings. The third-order valence-corrected chi connectivity index (χ3v) is 5.70. The number of aryl methyl sites for hydroxylation is 1. The number of rotatable bonds is 3. The molecule has 0 amide bonds. The molecule has 3 nitrogen and oxygen atoms in total. The molecule has 4 heteroatoms. The average molecular weight is 367 g/mol. The molecule has 0 atom stereocenters. The van der Waals surface area contributed by atoms with E-state index in [1.807, 2.05) is 18.2 Å². The molecule has 1 aliphatic heterocycles. The van der Waals surface area contributed by atoms with Gasteiger partial charge in [-0.05, 0) is 19.1 Å². The smallest absolute Gasteiger partial charge is 0.160 e. The second-order valence-corrected chi connectivity index (χ2v) is 7.75. The standard InChI is InChI=1S/C23H17N3S/c1-15-21(16-8-3-2-4-9-16)26-23(27-15)18-11-7-10-17(14-18)22-24-19-12-5-6-13-20(19)25-22/h2-12,14H,13H2,1H3. The fourth-order valence-corrected chi connectivity index (χ4v) is 4.25. The van der Waals surface area contributed by atoms with E-state index in [-0.39, 0.29) is 0 Å². The van der Waals surface area contributed by atoms with Gasteiger partial charge in [0.1, 0.15) is 5.01 Å². The number of fused-ring (bicyclic) bond motifs is 1. The Morgan fingerprint density at radius 3 is 2.56 bits per heavy atom. The Labute approximate surface area is 162 Å². The first-order valence-electron chi connectivity index (χ1n) is 8.95. The number of aliphatic imine (C=N–C) groups is 2. The lowest BCUT2D eigenvalue weighted by Crippen LogP contribution is -1.98. The van der Waals surface area contributed by atoms with Crippen molar-refractivity contribution in [2.45, 2.75) is 13.3 Å². The zero-order valence-corrected chi connectivity index (χ0v) is 15.7. The molecule has 0 fully saturated rings. The van der Waals surface area contributed by atoms with Gasteiger partial charge < -0.3 is 0 Å². The van der Waals surface area contributed by atoms with Crippen molar-refractivity contribution >= 4 is 22.9 Å². The van der Waals surface area contributed by atoms with E-state index in [0.717, 1.165) is 51.1 Å². The Hall–Kier alpha value is -3.11. The molecule has 27 heavy (non-hydrogen) atoms. The van der Waals surface area contributed by atoms with Gasteiger partial charge in [0.25, 0.3) is 0 Å². The normalized spacial score (nSPS) is 15.2. The van der Waals surface area contributed by atoms with Crippen molar-refractivity contribution in [3.8, 4) is 21.8 Å².